The Bertz CT molecular complexity index is 499. The summed E-state index contributed by atoms with van der Waals surface area (Å²) in [6.07, 6.45) is 10.0. The molecular weight excluding hydrogens is 360 g/mol. The summed E-state index contributed by atoms with van der Waals surface area (Å²) in [6, 6.07) is 5.97. The number of hydrogen-bond donors (Lipinski definition) is 1. The fraction of sp³-hybridized carbons (Fsp3) is 0.500. The number of aromatic hydroxyl groups is 1. The molecule has 24 heavy (non-hydrogen) atoms. The van der Waals surface area contributed by atoms with Gasteiger partial charge in [-0.2, -0.15) is 6.08 Å². The molecule has 4 heteroatoms. The summed E-state index contributed by atoms with van der Waals surface area (Å²) in [5, 5.41) is 11.3. The van der Waals surface area contributed by atoms with Crippen LogP contribution in [0.4, 0.5) is 0 Å². The molecule has 1 aromatic carbocycles. The van der Waals surface area contributed by atoms with Crippen LogP contribution in [-0.2, 0) is 21.7 Å². The van der Waals surface area contributed by atoms with Gasteiger partial charge in [-0.1, -0.05) is 58.2 Å². The molecule has 2 radical (unpaired) electrons. The van der Waals surface area contributed by atoms with E-state index in [1.54, 1.807) is 0 Å². The smallest absolute Gasteiger partial charge is 0.115 e. The molecule has 0 unspecified atom stereocenters. The second kappa shape index (κ2) is 12.1. The number of phenols is 1. The number of aryl methyl sites for hydroxylation is 1. The van der Waals surface area contributed by atoms with E-state index in [1.165, 1.54) is 5.19 Å². The molecule has 0 fully saturated rings. The van der Waals surface area contributed by atoms with Crippen molar-refractivity contribution in [1.82, 2.24) is 0 Å². The van der Waals surface area contributed by atoms with E-state index in [4.69, 9.17) is 0 Å². The number of benzene rings is 1. The summed E-state index contributed by atoms with van der Waals surface area (Å²) in [4.78, 5) is 0. The van der Waals surface area contributed by atoms with Crippen molar-refractivity contribution in [3.05, 3.63) is 48.1 Å². The molecule has 0 spiro atoms. The summed E-state index contributed by atoms with van der Waals surface area (Å²) < 4.78 is 0. The van der Waals surface area contributed by atoms with Crippen LogP contribution in [0.3, 0.4) is 0 Å². The van der Waals surface area contributed by atoms with Crippen molar-refractivity contribution in [1.29, 1.82) is 0 Å². The molecule has 1 aliphatic carbocycles. The van der Waals surface area contributed by atoms with Crippen LogP contribution in [0.25, 0.3) is 0 Å². The van der Waals surface area contributed by atoms with Crippen LogP contribution in [0, 0.1) is 13.0 Å². The minimum absolute atomic E-state index is 0. The third-order valence-corrected chi connectivity index (χ3v) is 9.73. The molecule has 0 saturated carbocycles. The quantitative estimate of drug-likeness (QED) is 0.493. The predicted octanol–water partition coefficient (Wildman–Crippen LogP) is 5.51. The van der Waals surface area contributed by atoms with Crippen molar-refractivity contribution in [3.63, 3.8) is 0 Å². The molecule has 132 valence electrons. The van der Waals surface area contributed by atoms with E-state index >= 15 is 0 Å². The Hall–Kier alpha value is -0.352. The van der Waals surface area contributed by atoms with Gasteiger partial charge in [0.1, 0.15) is 5.75 Å². The first-order chi connectivity index (χ1) is 10.6. The van der Waals surface area contributed by atoms with Gasteiger partial charge in [0.25, 0.3) is 0 Å². The summed E-state index contributed by atoms with van der Waals surface area (Å²) in [5.41, 5.74) is 1.15. The number of rotatable bonds is 1. The van der Waals surface area contributed by atoms with Crippen LogP contribution in [0.15, 0.2) is 36.4 Å². The summed E-state index contributed by atoms with van der Waals surface area (Å²) in [7, 11) is -0.420. The second-order valence-electron chi connectivity index (χ2n) is 7.44. The Morgan fingerprint density at radius 1 is 1.12 bits per heavy atom. The molecule has 0 aliphatic heterocycles. The van der Waals surface area contributed by atoms with Crippen molar-refractivity contribution in [2.24, 2.45) is 0 Å². The summed E-state index contributed by atoms with van der Waals surface area (Å²) in [5.74, 6) is 0.398. The van der Waals surface area contributed by atoms with Gasteiger partial charge in [0.2, 0.25) is 0 Å². The van der Waals surface area contributed by atoms with E-state index in [1.807, 2.05) is 31.2 Å². The van der Waals surface area contributed by atoms with Crippen LogP contribution in [0.1, 0.15) is 32.8 Å². The van der Waals surface area contributed by atoms with Crippen LogP contribution in [0.2, 0.25) is 31.2 Å². The average Bonchev–Trinajstić information content (AvgIpc) is 2.96. The van der Waals surface area contributed by atoms with Crippen LogP contribution >= 0.6 is 0 Å². The molecule has 0 atom stereocenters. The largest absolute Gasteiger partial charge is 0.508 e. The molecule has 0 amide bonds. The molecule has 0 saturated heterocycles. The SMILES string of the molecule is C[Si]C.Cc1cc(O)cc([Si](C)(C)C(C)(C)C)c1.[C-]1=CC=CC1.[Ti]. The summed E-state index contributed by atoms with van der Waals surface area (Å²) in [6.45, 7) is 17.9. The minimum Gasteiger partial charge on any atom is -0.508 e. The van der Waals surface area contributed by atoms with Gasteiger partial charge in [-0.3, -0.25) is 6.08 Å². The molecule has 1 aliphatic rings. The summed E-state index contributed by atoms with van der Waals surface area (Å²) >= 11 is 0. The first-order valence-corrected chi connectivity index (χ1v) is 13.2. The van der Waals surface area contributed by atoms with E-state index in [-0.39, 0.29) is 21.7 Å². The van der Waals surface area contributed by atoms with Crippen LogP contribution in [-0.4, -0.2) is 22.7 Å². The minimum atomic E-state index is -1.50. The molecule has 2 rings (SSSR count). The van der Waals surface area contributed by atoms with E-state index < -0.39 is 8.07 Å². The van der Waals surface area contributed by atoms with E-state index in [2.05, 4.69) is 65.2 Å². The zero-order chi connectivity index (χ0) is 18.1. The molecule has 0 heterocycles. The first-order valence-electron chi connectivity index (χ1n) is 8.17. The standard InChI is InChI=1S/C13H22OSi.C5H5.C2H6Si.Ti/c1-10-7-11(14)9-12(8-10)15(5,6)13(2,3)4;1-2-4-5-3-1;1-3-2;/h7-9,14H,1-6H3;1-3H,4H2;1-2H3;/q;-1;;. The van der Waals surface area contributed by atoms with Gasteiger partial charge in [-0.15, -0.1) is 6.42 Å². The molecule has 1 N–H and O–H groups in total. The normalized spacial score (nSPS) is 12.5. The second-order valence-corrected chi connectivity index (χ2v) is 13.8. The predicted molar refractivity (Wildman–Crippen MR) is 109 cm³/mol. The molecular formula is C20H33OSi2Ti-. The van der Waals surface area contributed by atoms with E-state index in [9.17, 15) is 5.11 Å². The zero-order valence-electron chi connectivity index (χ0n) is 16.6. The number of allylic oxidation sites excluding steroid dienone is 4. The van der Waals surface area contributed by atoms with Crippen molar-refractivity contribution in [2.75, 3.05) is 0 Å². The maximum atomic E-state index is 9.65. The zero-order valence-corrected chi connectivity index (χ0v) is 20.2. The van der Waals surface area contributed by atoms with Crippen LogP contribution in [0.5, 0.6) is 5.75 Å². The van der Waals surface area contributed by atoms with E-state index in [0.29, 0.717) is 10.8 Å². The fourth-order valence-corrected chi connectivity index (χ4v) is 3.86. The molecule has 1 aromatic rings. The van der Waals surface area contributed by atoms with Gasteiger partial charge in [0.05, 0.1) is 8.07 Å². The monoisotopic (exact) mass is 393 g/mol. The van der Waals surface area contributed by atoms with Gasteiger partial charge < -0.3 is 5.11 Å². The Morgan fingerprint density at radius 3 is 1.96 bits per heavy atom. The van der Waals surface area contributed by atoms with Crippen molar-refractivity contribution in [2.45, 2.75) is 65.3 Å². The Balaban J connectivity index is 0. The van der Waals surface area contributed by atoms with Gasteiger partial charge >= 0.3 is 0 Å². The van der Waals surface area contributed by atoms with Crippen molar-refractivity contribution >= 4 is 22.8 Å². The topological polar surface area (TPSA) is 20.2 Å². The Labute approximate surface area is 168 Å². The average molecular weight is 394 g/mol. The Kier molecular flexibility index (Phi) is 13.0. The van der Waals surface area contributed by atoms with Crippen molar-refractivity contribution in [3.8, 4) is 5.75 Å². The van der Waals surface area contributed by atoms with E-state index in [0.717, 1.165) is 21.5 Å². The van der Waals surface area contributed by atoms with Crippen LogP contribution < -0.4 is 5.19 Å². The Morgan fingerprint density at radius 2 is 1.67 bits per heavy atom. The van der Waals surface area contributed by atoms with Gasteiger partial charge in [0.15, 0.2) is 0 Å². The van der Waals surface area contributed by atoms with Crippen molar-refractivity contribution < 1.29 is 26.8 Å². The number of phenolic OH excluding ortho intramolecular Hbond substituents is 1. The maximum Gasteiger partial charge on any atom is 0.115 e. The third-order valence-electron chi connectivity index (χ3n) is 4.24. The fourth-order valence-electron chi connectivity index (χ4n) is 1.90. The number of hydrogen-bond acceptors (Lipinski definition) is 1. The maximum absolute atomic E-state index is 9.65. The third kappa shape index (κ3) is 9.21. The molecule has 0 aromatic heterocycles. The van der Waals surface area contributed by atoms with Gasteiger partial charge in [-0.25, -0.2) is 12.2 Å². The first kappa shape index (κ1) is 25.9. The van der Waals surface area contributed by atoms with Gasteiger partial charge in [-0.05, 0) is 29.7 Å². The molecule has 1 nitrogen and oxygen atoms in total. The van der Waals surface area contributed by atoms with Gasteiger partial charge in [0, 0.05) is 31.2 Å². The molecule has 0 bridgehead atoms.